The Hall–Kier alpha value is -1.57. The highest BCUT2D eigenvalue weighted by atomic mass is 32.1. The molecule has 0 bridgehead atoms. The SMILES string of the molecule is CN1CCC(c2ccc(F)cc2)[C@H](C=NNC(=S)NCCN2CCCCC2)C1. The van der Waals surface area contributed by atoms with Crippen LogP contribution in [0.2, 0.25) is 0 Å². The zero-order valence-corrected chi connectivity index (χ0v) is 17.6. The summed E-state index contributed by atoms with van der Waals surface area (Å²) in [5.41, 5.74) is 4.13. The third kappa shape index (κ3) is 6.50. The van der Waals surface area contributed by atoms with E-state index in [0.717, 1.165) is 32.6 Å². The predicted molar refractivity (Wildman–Crippen MR) is 117 cm³/mol. The van der Waals surface area contributed by atoms with Gasteiger partial charge in [0.2, 0.25) is 0 Å². The van der Waals surface area contributed by atoms with Crippen molar-refractivity contribution < 1.29 is 4.39 Å². The van der Waals surface area contributed by atoms with Crippen LogP contribution in [0.15, 0.2) is 29.4 Å². The Morgan fingerprint density at radius 1 is 1.21 bits per heavy atom. The van der Waals surface area contributed by atoms with Gasteiger partial charge in [0.1, 0.15) is 5.82 Å². The van der Waals surface area contributed by atoms with Gasteiger partial charge in [0.05, 0.1) is 0 Å². The molecule has 5 nitrogen and oxygen atoms in total. The van der Waals surface area contributed by atoms with E-state index in [1.807, 2.05) is 18.3 Å². The van der Waals surface area contributed by atoms with Crippen LogP contribution in [0.5, 0.6) is 0 Å². The van der Waals surface area contributed by atoms with Gasteiger partial charge in [-0.05, 0) is 81.8 Å². The fourth-order valence-corrected chi connectivity index (χ4v) is 4.32. The van der Waals surface area contributed by atoms with Crippen molar-refractivity contribution in [3.63, 3.8) is 0 Å². The smallest absolute Gasteiger partial charge is 0.186 e. The number of piperidine rings is 2. The number of likely N-dealkylation sites (tertiary alicyclic amines) is 2. The Labute approximate surface area is 173 Å². The molecule has 1 unspecified atom stereocenters. The summed E-state index contributed by atoms with van der Waals surface area (Å²) in [7, 11) is 2.13. The maximum atomic E-state index is 13.3. The highest BCUT2D eigenvalue weighted by molar-refractivity contribution is 7.80. The van der Waals surface area contributed by atoms with Crippen molar-refractivity contribution >= 4 is 23.5 Å². The normalized spacial score (nSPS) is 24.4. The first-order chi connectivity index (χ1) is 13.6. The molecule has 0 saturated carbocycles. The Bertz CT molecular complexity index is 645. The van der Waals surface area contributed by atoms with Gasteiger partial charge in [-0.15, -0.1) is 0 Å². The van der Waals surface area contributed by atoms with E-state index in [0.29, 0.717) is 11.0 Å². The number of hydrogen-bond donors (Lipinski definition) is 2. The summed E-state index contributed by atoms with van der Waals surface area (Å²) in [5.74, 6) is 0.431. The first-order valence-electron chi connectivity index (χ1n) is 10.4. The van der Waals surface area contributed by atoms with Gasteiger partial charge in [-0.25, -0.2) is 4.39 Å². The summed E-state index contributed by atoms with van der Waals surface area (Å²) < 4.78 is 13.3. The molecule has 7 heteroatoms. The van der Waals surface area contributed by atoms with E-state index in [-0.39, 0.29) is 11.7 Å². The highest BCUT2D eigenvalue weighted by Crippen LogP contribution is 2.31. The van der Waals surface area contributed by atoms with Crippen molar-refractivity contribution in [1.82, 2.24) is 20.5 Å². The second-order valence-electron chi connectivity index (χ2n) is 7.92. The number of benzene rings is 1. The van der Waals surface area contributed by atoms with E-state index >= 15 is 0 Å². The van der Waals surface area contributed by atoms with Crippen molar-refractivity contribution in [2.75, 3.05) is 46.3 Å². The quantitative estimate of drug-likeness (QED) is 0.433. The van der Waals surface area contributed by atoms with Crippen molar-refractivity contribution in [3.05, 3.63) is 35.6 Å². The summed E-state index contributed by atoms with van der Waals surface area (Å²) in [6.45, 7) is 6.22. The van der Waals surface area contributed by atoms with E-state index in [2.05, 4.69) is 32.7 Å². The molecule has 2 atom stereocenters. The largest absolute Gasteiger partial charge is 0.360 e. The molecule has 2 fully saturated rings. The molecular weight excluding hydrogens is 373 g/mol. The van der Waals surface area contributed by atoms with Crippen molar-refractivity contribution in [3.8, 4) is 0 Å². The van der Waals surface area contributed by atoms with Crippen LogP contribution >= 0.6 is 12.2 Å². The Morgan fingerprint density at radius 3 is 2.71 bits per heavy atom. The Kier molecular flexibility index (Phi) is 8.18. The maximum Gasteiger partial charge on any atom is 0.186 e. The topological polar surface area (TPSA) is 42.9 Å². The molecule has 0 aliphatic carbocycles. The third-order valence-corrected chi connectivity index (χ3v) is 5.99. The average Bonchev–Trinajstić information content (AvgIpc) is 2.70. The van der Waals surface area contributed by atoms with E-state index in [1.54, 1.807) is 12.1 Å². The molecule has 1 aromatic rings. The fraction of sp³-hybridized carbons (Fsp3) is 0.619. The molecule has 2 aliphatic heterocycles. The van der Waals surface area contributed by atoms with Crippen molar-refractivity contribution in [2.24, 2.45) is 11.0 Å². The number of hydrogen-bond acceptors (Lipinski definition) is 4. The van der Waals surface area contributed by atoms with Crippen LogP contribution in [0.4, 0.5) is 4.39 Å². The molecule has 0 radical (unpaired) electrons. The standard InChI is InChI=1S/C21H32FN5S/c1-26-13-9-20(17-5-7-19(22)8-6-17)18(16-26)15-24-25-21(28)23-10-14-27-11-3-2-4-12-27/h5-8,15,18,20H,2-4,9-14,16H2,1H3,(H2,23,25,28)/t18-,20?/m1/s1. The van der Waals surface area contributed by atoms with Crippen LogP contribution in [-0.2, 0) is 0 Å². The first kappa shape index (κ1) is 21.1. The van der Waals surface area contributed by atoms with Crippen LogP contribution < -0.4 is 10.7 Å². The van der Waals surface area contributed by atoms with Crippen LogP contribution in [0.1, 0.15) is 37.2 Å². The summed E-state index contributed by atoms with van der Waals surface area (Å²) in [5, 5.41) is 8.20. The van der Waals surface area contributed by atoms with Crippen LogP contribution in [0.25, 0.3) is 0 Å². The maximum absolute atomic E-state index is 13.3. The van der Waals surface area contributed by atoms with Crippen molar-refractivity contribution in [2.45, 2.75) is 31.6 Å². The number of halogens is 1. The van der Waals surface area contributed by atoms with Gasteiger partial charge in [0.25, 0.3) is 0 Å². The Balaban J connectivity index is 1.46. The number of nitrogens with zero attached hydrogens (tertiary/aromatic N) is 3. The average molecular weight is 406 g/mol. The van der Waals surface area contributed by atoms with E-state index < -0.39 is 0 Å². The third-order valence-electron chi connectivity index (χ3n) is 5.75. The molecular formula is C21H32FN5S. The van der Waals surface area contributed by atoms with E-state index in [4.69, 9.17) is 12.2 Å². The predicted octanol–water partition coefficient (Wildman–Crippen LogP) is 2.80. The number of thiocarbonyl (C=S) groups is 1. The molecule has 2 N–H and O–H groups in total. The molecule has 3 rings (SSSR count). The van der Waals surface area contributed by atoms with Gasteiger partial charge >= 0.3 is 0 Å². The first-order valence-corrected chi connectivity index (χ1v) is 10.8. The molecule has 154 valence electrons. The van der Waals surface area contributed by atoms with Gasteiger partial charge in [-0.2, -0.15) is 5.10 Å². The lowest BCUT2D eigenvalue weighted by Crippen LogP contribution is -2.41. The zero-order valence-electron chi connectivity index (χ0n) is 16.7. The molecule has 2 saturated heterocycles. The number of nitrogens with one attached hydrogen (secondary N) is 2. The molecule has 2 aliphatic rings. The Morgan fingerprint density at radius 2 is 1.96 bits per heavy atom. The van der Waals surface area contributed by atoms with E-state index in [9.17, 15) is 4.39 Å². The van der Waals surface area contributed by atoms with Gasteiger partial charge < -0.3 is 15.1 Å². The molecule has 0 spiro atoms. The van der Waals surface area contributed by atoms with Gasteiger partial charge in [-0.3, -0.25) is 5.43 Å². The van der Waals surface area contributed by atoms with Crippen LogP contribution in [0.3, 0.4) is 0 Å². The zero-order chi connectivity index (χ0) is 19.8. The monoisotopic (exact) mass is 405 g/mol. The second-order valence-corrected chi connectivity index (χ2v) is 8.33. The fourth-order valence-electron chi connectivity index (χ4n) is 4.17. The van der Waals surface area contributed by atoms with Crippen molar-refractivity contribution in [1.29, 1.82) is 0 Å². The minimum atomic E-state index is -0.190. The number of hydrazone groups is 1. The highest BCUT2D eigenvalue weighted by Gasteiger charge is 2.27. The van der Waals surface area contributed by atoms with E-state index in [1.165, 1.54) is 37.9 Å². The lowest BCUT2D eigenvalue weighted by molar-refractivity contribution is 0.224. The van der Waals surface area contributed by atoms with Gasteiger partial charge in [0.15, 0.2) is 5.11 Å². The molecule has 28 heavy (non-hydrogen) atoms. The van der Waals surface area contributed by atoms with Gasteiger partial charge in [-0.1, -0.05) is 18.6 Å². The van der Waals surface area contributed by atoms with Crippen LogP contribution in [0, 0.1) is 11.7 Å². The lowest BCUT2D eigenvalue weighted by Gasteiger charge is -2.35. The molecule has 0 amide bonds. The summed E-state index contributed by atoms with van der Waals surface area (Å²) in [4.78, 5) is 4.79. The lowest BCUT2D eigenvalue weighted by atomic mass is 9.81. The second kappa shape index (κ2) is 10.8. The minimum absolute atomic E-state index is 0.190. The molecule has 2 heterocycles. The summed E-state index contributed by atoms with van der Waals surface area (Å²) in [6, 6.07) is 6.88. The summed E-state index contributed by atoms with van der Waals surface area (Å²) in [6.07, 6.45) is 6.96. The molecule has 1 aromatic carbocycles. The summed E-state index contributed by atoms with van der Waals surface area (Å²) >= 11 is 5.34. The molecule has 0 aromatic heterocycles. The van der Waals surface area contributed by atoms with Crippen LogP contribution in [-0.4, -0.2) is 67.4 Å². The van der Waals surface area contributed by atoms with Gasteiger partial charge in [0, 0.05) is 31.8 Å². The minimum Gasteiger partial charge on any atom is -0.360 e. The number of rotatable bonds is 6.